The fourth-order valence-corrected chi connectivity index (χ4v) is 2.21. The van der Waals surface area contributed by atoms with Gasteiger partial charge in [-0.2, -0.15) is 0 Å². The van der Waals surface area contributed by atoms with Crippen molar-refractivity contribution in [3.63, 3.8) is 0 Å². The molecule has 0 heterocycles. The van der Waals surface area contributed by atoms with E-state index in [1.54, 1.807) is 13.2 Å². The third kappa shape index (κ3) is 4.85. The van der Waals surface area contributed by atoms with Crippen molar-refractivity contribution in [2.75, 3.05) is 31.8 Å². The number of hydrogen-bond donors (Lipinski definition) is 2. The van der Waals surface area contributed by atoms with Gasteiger partial charge in [0.25, 0.3) is 0 Å². The minimum Gasteiger partial charge on any atom is -0.496 e. The number of thioether (sulfide) groups is 1. The number of aliphatic hydroxyl groups is 1. The van der Waals surface area contributed by atoms with Gasteiger partial charge in [-0.1, -0.05) is 0 Å². The number of methoxy groups -OCH3 is 1. The second kappa shape index (κ2) is 7.42. The van der Waals surface area contributed by atoms with Crippen molar-refractivity contribution in [2.45, 2.75) is 17.9 Å². The summed E-state index contributed by atoms with van der Waals surface area (Å²) in [4.78, 5) is 0.970. The van der Waals surface area contributed by atoms with Gasteiger partial charge in [-0.15, -0.1) is 11.8 Å². The average molecular weight is 257 g/mol. The van der Waals surface area contributed by atoms with E-state index in [-0.39, 0.29) is 0 Å². The summed E-state index contributed by atoms with van der Waals surface area (Å²) in [6.45, 7) is 2.89. The zero-order chi connectivity index (χ0) is 12.7. The van der Waals surface area contributed by atoms with Crippen LogP contribution in [-0.2, 0) is 4.74 Å². The molecule has 17 heavy (non-hydrogen) atoms. The highest BCUT2D eigenvalue weighted by molar-refractivity contribution is 7.99. The maximum atomic E-state index is 9.65. The summed E-state index contributed by atoms with van der Waals surface area (Å²) in [5, 5.41) is 9.65. The van der Waals surface area contributed by atoms with Gasteiger partial charge < -0.3 is 20.3 Å². The Labute approximate surface area is 106 Å². The van der Waals surface area contributed by atoms with E-state index in [2.05, 4.69) is 0 Å². The molecule has 1 aromatic carbocycles. The highest BCUT2D eigenvalue weighted by Gasteiger charge is 2.08. The number of rotatable bonds is 7. The summed E-state index contributed by atoms with van der Waals surface area (Å²) < 4.78 is 10.4. The number of nitrogens with two attached hydrogens (primary N) is 1. The first-order valence-electron chi connectivity index (χ1n) is 5.49. The first kappa shape index (κ1) is 14.2. The zero-order valence-electron chi connectivity index (χ0n) is 10.2. The molecule has 0 radical (unpaired) electrons. The lowest BCUT2D eigenvalue weighted by molar-refractivity contribution is 0.0551. The molecule has 0 aliphatic heterocycles. The molecule has 0 bridgehead atoms. The van der Waals surface area contributed by atoms with Gasteiger partial charge in [0.1, 0.15) is 5.75 Å². The lowest BCUT2D eigenvalue weighted by atomic mass is 10.3. The predicted molar refractivity (Wildman–Crippen MR) is 70.6 cm³/mol. The maximum Gasteiger partial charge on any atom is 0.134 e. The van der Waals surface area contributed by atoms with E-state index in [1.165, 1.54) is 11.8 Å². The SMILES string of the molecule is CCOCC(O)CSc1ccc(N)cc1OC. The van der Waals surface area contributed by atoms with Crippen molar-refractivity contribution in [1.82, 2.24) is 0 Å². The molecule has 1 aromatic rings. The van der Waals surface area contributed by atoms with Crippen LogP contribution >= 0.6 is 11.8 Å². The van der Waals surface area contributed by atoms with Gasteiger partial charge in [0.05, 0.1) is 19.8 Å². The van der Waals surface area contributed by atoms with Crippen molar-refractivity contribution >= 4 is 17.4 Å². The Balaban J connectivity index is 2.50. The maximum absolute atomic E-state index is 9.65. The van der Waals surface area contributed by atoms with E-state index < -0.39 is 6.10 Å². The van der Waals surface area contributed by atoms with Gasteiger partial charge in [0.15, 0.2) is 0 Å². The number of aliphatic hydroxyl groups excluding tert-OH is 1. The first-order chi connectivity index (χ1) is 8.17. The van der Waals surface area contributed by atoms with E-state index >= 15 is 0 Å². The Hall–Kier alpha value is -0.910. The van der Waals surface area contributed by atoms with Gasteiger partial charge >= 0.3 is 0 Å². The summed E-state index contributed by atoms with van der Waals surface area (Å²) >= 11 is 1.53. The molecule has 3 N–H and O–H groups in total. The summed E-state index contributed by atoms with van der Waals surface area (Å²) in [5.74, 6) is 1.30. The average Bonchev–Trinajstić information content (AvgIpc) is 2.34. The lowest BCUT2D eigenvalue weighted by Gasteiger charge is -2.12. The van der Waals surface area contributed by atoms with Crippen molar-refractivity contribution in [3.05, 3.63) is 18.2 Å². The van der Waals surface area contributed by atoms with Crippen LogP contribution in [0.15, 0.2) is 23.1 Å². The van der Waals surface area contributed by atoms with Gasteiger partial charge in [0.2, 0.25) is 0 Å². The number of anilines is 1. The Morgan fingerprint density at radius 3 is 2.88 bits per heavy atom. The van der Waals surface area contributed by atoms with Crippen LogP contribution in [0.2, 0.25) is 0 Å². The highest BCUT2D eigenvalue weighted by Crippen LogP contribution is 2.31. The zero-order valence-corrected chi connectivity index (χ0v) is 11.0. The molecule has 0 aliphatic carbocycles. The molecular formula is C12H19NO3S. The third-order valence-corrected chi connectivity index (χ3v) is 3.33. The number of nitrogen functional groups attached to an aromatic ring is 1. The largest absolute Gasteiger partial charge is 0.496 e. The van der Waals surface area contributed by atoms with E-state index in [0.29, 0.717) is 24.7 Å². The molecule has 0 spiro atoms. The molecule has 4 nitrogen and oxygen atoms in total. The van der Waals surface area contributed by atoms with Crippen LogP contribution in [0.5, 0.6) is 5.75 Å². The quantitative estimate of drug-likeness (QED) is 0.575. The van der Waals surface area contributed by atoms with Crippen LogP contribution in [0, 0.1) is 0 Å². The van der Waals surface area contributed by atoms with Gasteiger partial charge in [-0.25, -0.2) is 0 Å². The third-order valence-electron chi connectivity index (χ3n) is 2.13. The van der Waals surface area contributed by atoms with Crippen LogP contribution in [0.25, 0.3) is 0 Å². The second-order valence-corrected chi connectivity index (χ2v) is 4.60. The van der Waals surface area contributed by atoms with Crippen LogP contribution < -0.4 is 10.5 Å². The smallest absolute Gasteiger partial charge is 0.134 e. The Bertz CT molecular complexity index is 347. The topological polar surface area (TPSA) is 64.7 Å². The molecule has 0 saturated heterocycles. The summed E-state index contributed by atoms with van der Waals surface area (Å²) in [7, 11) is 1.61. The van der Waals surface area contributed by atoms with E-state index in [0.717, 1.165) is 10.6 Å². The Morgan fingerprint density at radius 1 is 1.47 bits per heavy atom. The van der Waals surface area contributed by atoms with Gasteiger partial charge in [0, 0.05) is 29.0 Å². The Kier molecular flexibility index (Phi) is 6.18. The van der Waals surface area contributed by atoms with Crippen LogP contribution in [0.3, 0.4) is 0 Å². The lowest BCUT2D eigenvalue weighted by Crippen LogP contribution is -2.17. The standard InChI is InChI=1S/C12H19NO3S/c1-3-16-7-10(14)8-17-12-5-4-9(13)6-11(12)15-2/h4-6,10,14H,3,7-8,13H2,1-2H3. The molecule has 0 amide bonds. The fraction of sp³-hybridized carbons (Fsp3) is 0.500. The van der Waals surface area contributed by atoms with Gasteiger partial charge in [-0.05, 0) is 19.1 Å². The fourth-order valence-electron chi connectivity index (χ4n) is 1.29. The second-order valence-electron chi connectivity index (χ2n) is 3.53. The summed E-state index contributed by atoms with van der Waals surface area (Å²) in [6.07, 6.45) is -0.470. The normalized spacial score (nSPS) is 12.4. The van der Waals surface area contributed by atoms with E-state index in [9.17, 15) is 5.11 Å². The highest BCUT2D eigenvalue weighted by atomic mass is 32.2. The molecule has 5 heteroatoms. The van der Waals surface area contributed by atoms with Crippen molar-refractivity contribution < 1.29 is 14.6 Å². The molecule has 0 fully saturated rings. The van der Waals surface area contributed by atoms with E-state index in [1.807, 2.05) is 19.1 Å². The van der Waals surface area contributed by atoms with E-state index in [4.69, 9.17) is 15.2 Å². The van der Waals surface area contributed by atoms with Crippen molar-refractivity contribution in [3.8, 4) is 5.75 Å². The monoisotopic (exact) mass is 257 g/mol. The molecule has 1 atom stereocenters. The van der Waals surface area contributed by atoms with Crippen molar-refractivity contribution in [1.29, 1.82) is 0 Å². The number of hydrogen-bond acceptors (Lipinski definition) is 5. The molecule has 0 saturated carbocycles. The minimum absolute atomic E-state index is 0.362. The molecular weight excluding hydrogens is 238 g/mol. The first-order valence-corrected chi connectivity index (χ1v) is 6.48. The van der Waals surface area contributed by atoms with Crippen LogP contribution in [0.4, 0.5) is 5.69 Å². The predicted octanol–water partition coefficient (Wildman–Crippen LogP) is 1.77. The Morgan fingerprint density at radius 2 is 2.24 bits per heavy atom. The molecule has 1 rings (SSSR count). The minimum atomic E-state index is -0.470. The summed E-state index contributed by atoms with van der Waals surface area (Å²) in [5.41, 5.74) is 6.33. The van der Waals surface area contributed by atoms with Crippen LogP contribution in [-0.4, -0.2) is 37.3 Å². The molecule has 0 aromatic heterocycles. The van der Waals surface area contributed by atoms with Crippen molar-refractivity contribution in [2.24, 2.45) is 0 Å². The summed E-state index contributed by atoms with van der Waals surface area (Å²) in [6, 6.07) is 5.49. The van der Waals surface area contributed by atoms with Gasteiger partial charge in [-0.3, -0.25) is 0 Å². The number of benzene rings is 1. The molecule has 1 unspecified atom stereocenters. The number of ether oxygens (including phenoxy) is 2. The molecule has 96 valence electrons. The van der Waals surface area contributed by atoms with Crippen LogP contribution in [0.1, 0.15) is 6.92 Å². The molecule has 0 aliphatic rings.